The second-order valence-corrected chi connectivity index (χ2v) is 7.05. The van der Waals surface area contributed by atoms with Crippen LogP contribution in [0.5, 0.6) is 0 Å². The Morgan fingerprint density at radius 3 is 2.31 bits per heavy atom. The van der Waals surface area contributed by atoms with Crippen LogP contribution in [-0.2, 0) is 0 Å². The molecule has 4 atom stereocenters. The molecule has 0 amide bonds. The number of rotatable bonds is 1. The summed E-state index contributed by atoms with van der Waals surface area (Å²) in [6, 6.07) is 1.20. The Bertz CT molecular complexity index is 239. The molecule has 94 valence electrons. The van der Waals surface area contributed by atoms with E-state index in [1.165, 1.54) is 25.8 Å². The lowest BCUT2D eigenvalue weighted by atomic mass is 9.70. The third-order valence-corrected chi connectivity index (χ3v) is 4.82. The molecule has 2 heteroatoms. The minimum absolute atomic E-state index is 0.405. The minimum Gasteiger partial charge on any atom is -0.326 e. The van der Waals surface area contributed by atoms with E-state index in [0.29, 0.717) is 17.4 Å². The molecule has 0 aromatic carbocycles. The molecule has 2 N–H and O–H groups in total. The van der Waals surface area contributed by atoms with Crippen LogP contribution >= 0.6 is 0 Å². The summed E-state index contributed by atoms with van der Waals surface area (Å²) in [6.45, 7) is 11.9. The first-order valence-electron chi connectivity index (χ1n) is 6.89. The number of hydrogen-bond donors (Lipinski definition) is 1. The molecule has 2 nitrogen and oxygen atoms in total. The van der Waals surface area contributed by atoms with Crippen molar-refractivity contribution in [3.8, 4) is 0 Å². The highest BCUT2D eigenvalue weighted by Crippen LogP contribution is 2.41. The highest BCUT2D eigenvalue weighted by atomic mass is 15.2. The Morgan fingerprint density at radius 2 is 1.81 bits per heavy atom. The monoisotopic (exact) mass is 224 g/mol. The first-order chi connectivity index (χ1) is 7.39. The molecule has 2 fully saturated rings. The van der Waals surface area contributed by atoms with Crippen molar-refractivity contribution >= 4 is 0 Å². The zero-order valence-corrected chi connectivity index (χ0v) is 11.4. The van der Waals surface area contributed by atoms with Crippen LogP contribution in [0.3, 0.4) is 0 Å². The fourth-order valence-electron chi connectivity index (χ4n) is 3.78. The van der Waals surface area contributed by atoms with Crippen LogP contribution in [0.2, 0.25) is 0 Å². The van der Waals surface area contributed by atoms with Crippen molar-refractivity contribution in [2.75, 3.05) is 13.1 Å². The van der Waals surface area contributed by atoms with Crippen molar-refractivity contribution in [3.63, 3.8) is 0 Å². The summed E-state index contributed by atoms with van der Waals surface area (Å²) in [4.78, 5) is 2.66. The lowest BCUT2D eigenvalue weighted by molar-refractivity contribution is 0.0731. The van der Waals surface area contributed by atoms with Crippen molar-refractivity contribution in [2.24, 2.45) is 23.0 Å². The third-order valence-electron chi connectivity index (χ3n) is 4.82. The molecule has 1 aliphatic heterocycles. The van der Waals surface area contributed by atoms with Crippen molar-refractivity contribution in [2.45, 2.75) is 59.0 Å². The lowest BCUT2D eigenvalue weighted by Gasteiger charge is -2.43. The molecule has 0 spiro atoms. The molecule has 1 saturated carbocycles. The van der Waals surface area contributed by atoms with Gasteiger partial charge in [-0.3, -0.25) is 4.90 Å². The van der Waals surface area contributed by atoms with Gasteiger partial charge in [-0.15, -0.1) is 0 Å². The van der Waals surface area contributed by atoms with Gasteiger partial charge >= 0.3 is 0 Å². The summed E-state index contributed by atoms with van der Waals surface area (Å²) in [5, 5.41) is 0. The Hall–Kier alpha value is -0.0800. The van der Waals surface area contributed by atoms with Gasteiger partial charge in [-0.25, -0.2) is 0 Å². The van der Waals surface area contributed by atoms with E-state index >= 15 is 0 Å². The number of nitrogens with two attached hydrogens (primary N) is 1. The normalized spacial score (nSPS) is 44.8. The summed E-state index contributed by atoms with van der Waals surface area (Å²) in [6.07, 6.45) is 4.12. The Balaban J connectivity index is 1.96. The second kappa shape index (κ2) is 4.30. The van der Waals surface area contributed by atoms with Crippen LogP contribution < -0.4 is 5.73 Å². The summed E-state index contributed by atoms with van der Waals surface area (Å²) < 4.78 is 0. The third kappa shape index (κ3) is 2.43. The maximum Gasteiger partial charge on any atom is 0.0206 e. The molecule has 0 aromatic heterocycles. The fraction of sp³-hybridized carbons (Fsp3) is 1.00. The molecular weight excluding hydrogens is 196 g/mol. The van der Waals surface area contributed by atoms with Crippen LogP contribution in [0.15, 0.2) is 0 Å². The summed E-state index contributed by atoms with van der Waals surface area (Å²) in [7, 11) is 0. The van der Waals surface area contributed by atoms with Crippen molar-refractivity contribution < 1.29 is 0 Å². The van der Waals surface area contributed by atoms with Gasteiger partial charge in [0, 0.05) is 25.2 Å². The van der Waals surface area contributed by atoms with E-state index in [1.54, 1.807) is 0 Å². The van der Waals surface area contributed by atoms with Gasteiger partial charge in [-0.1, -0.05) is 27.7 Å². The molecule has 0 aromatic rings. The van der Waals surface area contributed by atoms with E-state index in [2.05, 4.69) is 32.6 Å². The van der Waals surface area contributed by atoms with Gasteiger partial charge in [-0.05, 0) is 36.5 Å². The molecule has 2 rings (SSSR count). The van der Waals surface area contributed by atoms with Gasteiger partial charge < -0.3 is 5.73 Å². The van der Waals surface area contributed by atoms with Gasteiger partial charge in [0.2, 0.25) is 0 Å². The van der Waals surface area contributed by atoms with Crippen molar-refractivity contribution in [3.05, 3.63) is 0 Å². The largest absolute Gasteiger partial charge is 0.326 e. The molecule has 0 radical (unpaired) electrons. The minimum atomic E-state index is 0.405. The maximum atomic E-state index is 6.13. The molecule has 4 unspecified atom stereocenters. The average molecular weight is 224 g/mol. The Kier molecular flexibility index (Phi) is 3.33. The molecule has 0 bridgehead atoms. The standard InChI is InChI=1S/C14H28N2/c1-10-7-14(3,4)6-5-13(10)16-8-11(2)12(15)9-16/h10-13H,5-9,15H2,1-4H3. The quantitative estimate of drug-likeness (QED) is 0.741. The first-order valence-corrected chi connectivity index (χ1v) is 6.89. The van der Waals surface area contributed by atoms with Crippen molar-refractivity contribution in [1.82, 2.24) is 4.90 Å². The topological polar surface area (TPSA) is 29.3 Å². The molecular formula is C14H28N2. The fourth-order valence-corrected chi connectivity index (χ4v) is 3.78. The van der Waals surface area contributed by atoms with Crippen LogP contribution in [-0.4, -0.2) is 30.1 Å². The Morgan fingerprint density at radius 1 is 1.12 bits per heavy atom. The first kappa shape index (κ1) is 12.4. The molecule has 1 saturated heterocycles. The van der Waals surface area contributed by atoms with E-state index in [-0.39, 0.29) is 0 Å². The second-order valence-electron chi connectivity index (χ2n) is 7.05. The molecule has 16 heavy (non-hydrogen) atoms. The van der Waals surface area contributed by atoms with Gasteiger partial charge in [0.05, 0.1) is 0 Å². The van der Waals surface area contributed by atoms with Crippen LogP contribution in [0.1, 0.15) is 47.0 Å². The number of likely N-dealkylation sites (tertiary alicyclic amines) is 1. The lowest BCUT2D eigenvalue weighted by Crippen LogP contribution is -2.44. The predicted molar refractivity (Wildman–Crippen MR) is 69.3 cm³/mol. The van der Waals surface area contributed by atoms with E-state index in [0.717, 1.165) is 18.5 Å². The summed E-state index contributed by atoms with van der Waals surface area (Å²) in [5.41, 5.74) is 6.69. The average Bonchev–Trinajstić information content (AvgIpc) is 2.45. The number of nitrogens with zero attached hydrogens (tertiary/aromatic N) is 1. The van der Waals surface area contributed by atoms with E-state index in [1.807, 2.05) is 0 Å². The molecule has 1 aliphatic carbocycles. The van der Waals surface area contributed by atoms with Gasteiger partial charge in [0.25, 0.3) is 0 Å². The highest BCUT2D eigenvalue weighted by molar-refractivity contribution is 4.94. The summed E-state index contributed by atoms with van der Waals surface area (Å²) in [5.74, 6) is 1.52. The smallest absolute Gasteiger partial charge is 0.0206 e. The molecule has 1 heterocycles. The van der Waals surface area contributed by atoms with Gasteiger partial charge in [0.15, 0.2) is 0 Å². The van der Waals surface area contributed by atoms with Crippen LogP contribution in [0, 0.1) is 17.3 Å². The zero-order valence-electron chi connectivity index (χ0n) is 11.4. The predicted octanol–water partition coefficient (Wildman–Crippen LogP) is 2.48. The van der Waals surface area contributed by atoms with Gasteiger partial charge in [0.1, 0.15) is 0 Å². The Labute approximate surface area is 101 Å². The van der Waals surface area contributed by atoms with Crippen LogP contribution in [0.25, 0.3) is 0 Å². The van der Waals surface area contributed by atoms with Gasteiger partial charge in [-0.2, -0.15) is 0 Å². The molecule has 2 aliphatic rings. The van der Waals surface area contributed by atoms with Crippen molar-refractivity contribution in [1.29, 1.82) is 0 Å². The van der Waals surface area contributed by atoms with E-state index in [4.69, 9.17) is 5.73 Å². The number of hydrogen-bond acceptors (Lipinski definition) is 2. The maximum absolute atomic E-state index is 6.13. The highest BCUT2D eigenvalue weighted by Gasteiger charge is 2.39. The van der Waals surface area contributed by atoms with Crippen LogP contribution in [0.4, 0.5) is 0 Å². The van der Waals surface area contributed by atoms with E-state index in [9.17, 15) is 0 Å². The van der Waals surface area contributed by atoms with E-state index < -0.39 is 0 Å². The summed E-state index contributed by atoms with van der Waals surface area (Å²) >= 11 is 0. The SMILES string of the molecule is CC1CN(C2CCC(C)(C)CC2C)CC1N. The zero-order chi connectivity index (χ0) is 11.9.